The number of rotatable bonds is 4. The topological polar surface area (TPSA) is 66.4 Å². The molecule has 0 saturated heterocycles. The van der Waals surface area contributed by atoms with Crippen molar-refractivity contribution in [3.8, 4) is 0 Å². The molecule has 0 aromatic heterocycles. The molecule has 16 heavy (non-hydrogen) atoms. The molecule has 0 aromatic rings. The molecular weight excluding hydrogens is 206 g/mol. The fourth-order valence-electron chi connectivity index (χ4n) is 2.99. The minimum absolute atomic E-state index is 0.0360. The summed E-state index contributed by atoms with van der Waals surface area (Å²) in [5.74, 6) is 0.224. The minimum Gasteiger partial charge on any atom is -0.480 e. The fourth-order valence-corrected chi connectivity index (χ4v) is 2.99. The van der Waals surface area contributed by atoms with Crippen LogP contribution in [0.4, 0.5) is 0 Å². The standard InChI is InChI=1S/C12H19NO3/c1-2-9(12(15)16)13-11(14)10-7-5-3-4-6-8(7)10/h7-10H,2-6H2,1H3,(H,13,14)(H,15,16)/t7?,8?,9-,10?/m0/s1. The van der Waals surface area contributed by atoms with Gasteiger partial charge in [-0.2, -0.15) is 0 Å². The summed E-state index contributed by atoms with van der Waals surface area (Å²) >= 11 is 0. The van der Waals surface area contributed by atoms with E-state index in [1.807, 2.05) is 0 Å². The van der Waals surface area contributed by atoms with Crippen molar-refractivity contribution in [3.63, 3.8) is 0 Å². The van der Waals surface area contributed by atoms with Crippen LogP contribution in [-0.2, 0) is 9.59 Å². The van der Waals surface area contributed by atoms with E-state index in [0.717, 1.165) is 12.8 Å². The first-order valence-electron chi connectivity index (χ1n) is 6.18. The summed E-state index contributed by atoms with van der Waals surface area (Å²) in [6, 6.07) is -0.713. The Morgan fingerprint density at radius 3 is 2.31 bits per heavy atom. The molecular formula is C12H19NO3. The Bertz CT molecular complexity index is 291. The second kappa shape index (κ2) is 4.44. The molecule has 4 nitrogen and oxygen atoms in total. The third-order valence-corrected chi connectivity index (χ3v) is 3.98. The summed E-state index contributed by atoms with van der Waals surface area (Å²) in [7, 11) is 0. The molecule has 2 rings (SSSR count). The van der Waals surface area contributed by atoms with Gasteiger partial charge >= 0.3 is 5.97 Å². The largest absolute Gasteiger partial charge is 0.480 e. The molecule has 2 unspecified atom stereocenters. The van der Waals surface area contributed by atoms with Crippen LogP contribution in [0.2, 0.25) is 0 Å². The maximum Gasteiger partial charge on any atom is 0.326 e. The highest BCUT2D eigenvalue weighted by Crippen LogP contribution is 2.55. The molecule has 2 fully saturated rings. The van der Waals surface area contributed by atoms with Gasteiger partial charge in [0.05, 0.1) is 0 Å². The zero-order chi connectivity index (χ0) is 11.7. The number of carbonyl (C=O) groups excluding carboxylic acids is 1. The summed E-state index contributed by atoms with van der Waals surface area (Å²) in [6.45, 7) is 1.78. The summed E-state index contributed by atoms with van der Waals surface area (Å²) in [4.78, 5) is 22.7. The van der Waals surface area contributed by atoms with Crippen molar-refractivity contribution >= 4 is 11.9 Å². The van der Waals surface area contributed by atoms with Crippen LogP contribution in [0.15, 0.2) is 0 Å². The quantitative estimate of drug-likeness (QED) is 0.760. The minimum atomic E-state index is -0.931. The number of carboxylic acid groups (broad SMARTS) is 1. The van der Waals surface area contributed by atoms with Crippen LogP contribution in [0.5, 0.6) is 0 Å². The maximum absolute atomic E-state index is 11.9. The van der Waals surface area contributed by atoms with Crippen molar-refractivity contribution in [3.05, 3.63) is 0 Å². The molecule has 0 heterocycles. The van der Waals surface area contributed by atoms with Crippen molar-refractivity contribution in [2.75, 3.05) is 0 Å². The van der Waals surface area contributed by atoms with E-state index in [1.165, 1.54) is 12.8 Å². The van der Waals surface area contributed by atoms with Gasteiger partial charge < -0.3 is 10.4 Å². The van der Waals surface area contributed by atoms with Gasteiger partial charge in [-0.25, -0.2) is 4.79 Å². The van der Waals surface area contributed by atoms with E-state index in [1.54, 1.807) is 6.92 Å². The van der Waals surface area contributed by atoms with E-state index < -0.39 is 12.0 Å². The molecule has 1 amide bonds. The average Bonchev–Trinajstić information content (AvgIpc) is 2.99. The average molecular weight is 225 g/mol. The fraction of sp³-hybridized carbons (Fsp3) is 0.833. The van der Waals surface area contributed by atoms with E-state index >= 15 is 0 Å². The van der Waals surface area contributed by atoms with Crippen LogP contribution in [-0.4, -0.2) is 23.0 Å². The highest BCUT2D eigenvalue weighted by atomic mass is 16.4. The van der Waals surface area contributed by atoms with Gasteiger partial charge in [0.1, 0.15) is 6.04 Å². The number of hydrogen-bond donors (Lipinski definition) is 2. The molecule has 90 valence electrons. The van der Waals surface area contributed by atoms with Crippen molar-refractivity contribution in [2.24, 2.45) is 17.8 Å². The predicted molar refractivity (Wildman–Crippen MR) is 58.8 cm³/mol. The first-order chi connectivity index (χ1) is 7.65. The lowest BCUT2D eigenvalue weighted by Gasteiger charge is -2.11. The van der Waals surface area contributed by atoms with Gasteiger partial charge in [0, 0.05) is 5.92 Å². The second-order valence-electron chi connectivity index (χ2n) is 4.95. The molecule has 0 spiro atoms. The normalized spacial score (nSPS) is 33.7. The van der Waals surface area contributed by atoms with Gasteiger partial charge in [-0.1, -0.05) is 19.8 Å². The van der Waals surface area contributed by atoms with Gasteiger partial charge in [-0.15, -0.1) is 0 Å². The number of hydrogen-bond acceptors (Lipinski definition) is 2. The van der Waals surface area contributed by atoms with Crippen LogP contribution >= 0.6 is 0 Å². The van der Waals surface area contributed by atoms with Crippen LogP contribution in [0.3, 0.4) is 0 Å². The number of carboxylic acids is 1. The number of nitrogens with one attached hydrogen (secondary N) is 1. The van der Waals surface area contributed by atoms with Crippen LogP contribution in [0, 0.1) is 17.8 Å². The highest BCUT2D eigenvalue weighted by Gasteiger charge is 2.54. The number of amides is 1. The Morgan fingerprint density at radius 1 is 1.31 bits per heavy atom. The Labute approximate surface area is 95.4 Å². The van der Waals surface area contributed by atoms with Crippen LogP contribution in [0.1, 0.15) is 39.0 Å². The molecule has 0 aliphatic heterocycles. The lowest BCUT2D eigenvalue weighted by Crippen LogP contribution is -2.41. The highest BCUT2D eigenvalue weighted by molar-refractivity contribution is 5.87. The lowest BCUT2D eigenvalue weighted by atomic mass is 10.0. The van der Waals surface area contributed by atoms with Gasteiger partial charge in [-0.3, -0.25) is 4.79 Å². The molecule has 2 aliphatic rings. The lowest BCUT2D eigenvalue weighted by molar-refractivity contribution is -0.142. The van der Waals surface area contributed by atoms with E-state index in [4.69, 9.17) is 5.11 Å². The third-order valence-electron chi connectivity index (χ3n) is 3.98. The summed E-state index contributed by atoms with van der Waals surface area (Å²) in [5.41, 5.74) is 0. The molecule has 3 atom stereocenters. The van der Waals surface area contributed by atoms with Crippen molar-refractivity contribution in [1.29, 1.82) is 0 Å². The molecule has 2 saturated carbocycles. The molecule has 2 aliphatic carbocycles. The third kappa shape index (κ3) is 2.06. The summed E-state index contributed by atoms with van der Waals surface area (Å²) in [6.07, 6.45) is 5.19. The zero-order valence-corrected chi connectivity index (χ0v) is 9.61. The molecule has 0 bridgehead atoms. The Hall–Kier alpha value is -1.06. The zero-order valence-electron chi connectivity index (χ0n) is 9.61. The van der Waals surface area contributed by atoms with Crippen molar-refractivity contribution < 1.29 is 14.7 Å². The summed E-state index contributed by atoms with van der Waals surface area (Å²) in [5, 5.41) is 11.5. The molecule has 2 N–H and O–H groups in total. The first-order valence-corrected chi connectivity index (χ1v) is 6.18. The predicted octanol–water partition coefficient (Wildman–Crippen LogP) is 1.40. The smallest absolute Gasteiger partial charge is 0.326 e. The molecule has 0 radical (unpaired) electrons. The van der Waals surface area contributed by atoms with E-state index in [0.29, 0.717) is 18.3 Å². The van der Waals surface area contributed by atoms with Crippen LogP contribution in [0.25, 0.3) is 0 Å². The van der Waals surface area contributed by atoms with E-state index in [9.17, 15) is 9.59 Å². The number of carbonyl (C=O) groups is 2. The second-order valence-corrected chi connectivity index (χ2v) is 4.95. The Kier molecular flexibility index (Phi) is 3.17. The van der Waals surface area contributed by atoms with Crippen molar-refractivity contribution in [1.82, 2.24) is 5.32 Å². The van der Waals surface area contributed by atoms with E-state index in [-0.39, 0.29) is 11.8 Å². The van der Waals surface area contributed by atoms with Gasteiger partial charge in [0.2, 0.25) is 5.91 Å². The number of fused-ring (bicyclic) bond motifs is 1. The Morgan fingerprint density at radius 2 is 1.88 bits per heavy atom. The van der Waals surface area contributed by atoms with Gasteiger partial charge in [0.25, 0.3) is 0 Å². The SMILES string of the molecule is CC[C@H](NC(=O)C1C2CCCCC21)C(=O)O. The van der Waals surface area contributed by atoms with E-state index in [2.05, 4.69) is 5.32 Å². The van der Waals surface area contributed by atoms with Gasteiger partial charge in [-0.05, 0) is 31.1 Å². The van der Waals surface area contributed by atoms with Crippen LogP contribution < -0.4 is 5.32 Å². The maximum atomic E-state index is 11.9. The first kappa shape index (κ1) is 11.4. The molecule has 4 heteroatoms. The van der Waals surface area contributed by atoms with Crippen molar-refractivity contribution in [2.45, 2.75) is 45.1 Å². The molecule has 0 aromatic carbocycles. The summed E-state index contributed by atoms with van der Waals surface area (Å²) < 4.78 is 0. The number of aliphatic carboxylic acids is 1. The monoisotopic (exact) mass is 225 g/mol. The Balaban J connectivity index is 1.87. The van der Waals surface area contributed by atoms with Gasteiger partial charge in [0.15, 0.2) is 0 Å².